The van der Waals surface area contributed by atoms with Crippen molar-refractivity contribution in [1.82, 2.24) is 0 Å². The molecule has 0 atom stereocenters. The van der Waals surface area contributed by atoms with Gasteiger partial charge in [0, 0.05) is 17.1 Å². The van der Waals surface area contributed by atoms with Gasteiger partial charge in [-0.15, -0.1) is 0 Å². The Hall–Kier alpha value is -6.44. The van der Waals surface area contributed by atoms with E-state index in [1.807, 2.05) is 0 Å². The highest BCUT2D eigenvalue weighted by molar-refractivity contribution is 5.96. The summed E-state index contributed by atoms with van der Waals surface area (Å²) in [6, 6.07) is 69.4. The Morgan fingerprint density at radius 2 is 0.731 bits per heavy atom. The summed E-state index contributed by atoms with van der Waals surface area (Å²) in [7, 11) is 0. The lowest BCUT2D eigenvalue weighted by atomic mass is 9.70. The maximum Gasteiger partial charge on any atom is 0.0725 e. The minimum absolute atomic E-state index is 0.358. The van der Waals surface area contributed by atoms with Crippen molar-refractivity contribution in [3.05, 3.63) is 221 Å². The third-order valence-electron chi connectivity index (χ3n) is 11.3. The Morgan fingerprint density at radius 3 is 1.19 bits per heavy atom. The zero-order chi connectivity index (χ0) is 34.8. The van der Waals surface area contributed by atoms with Crippen LogP contribution in [0.15, 0.2) is 188 Å². The number of nitrogens with zero attached hydrogens (tertiary/aromatic N) is 1. The van der Waals surface area contributed by atoms with E-state index in [0.717, 1.165) is 5.69 Å². The molecule has 0 saturated carbocycles. The Balaban J connectivity index is 1.19. The first-order valence-corrected chi connectivity index (χ1v) is 18.2. The molecule has 1 nitrogen and oxygen atoms in total. The molecule has 52 heavy (non-hydrogen) atoms. The number of anilines is 3. The van der Waals surface area contributed by atoms with Gasteiger partial charge in [-0.25, -0.2) is 0 Å². The van der Waals surface area contributed by atoms with Crippen molar-refractivity contribution >= 4 is 17.1 Å². The molecule has 2 aliphatic rings. The molecule has 0 unspecified atom stereocenters. The van der Waals surface area contributed by atoms with Gasteiger partial charge in [0.15, 0.2) is 0 Å². The molecule has 0 N–H and O–H groups in total. The van der Waals surface area contributed by atoms with Gasteiger partial charge in [0.2, 0.25) is 0 Å². The third-order valence-corrected chi connectivity index (χ3v) is 11.3. The summed E-state index contributed by atoms with van der Waals surface area (Å²) in [5.41, 5.74) is 21.2. The van der Waals surface area contributed by atoms with Crippen LogP contribution in [0.25, 0.3) is 44.5 Å². The molecule has 8 aromatic rings. The highest BCUT2D eigenvalue weighted by Gasteiger charge is 2.51. The van der Waals surface area contributed by atoms with E-state index in [9.17, 15) is 0 Å². The van der Waals surface area contributed by atoms with Crippen LogP contribution in [0.5, 0.6) is 0 Å². The first-order chi connectivity index (χ1) is 25.6. The Morgan fingerprint density at radius 1 is 0.327 bits per heavy atom. The number of rotatable bonds is 5. The normalized spacial score (nSPS) is 13.0. The number of hydrogen-bond donors (Lipinski definition) is 0. The average Bonchev–Trinajstić information content (AvgIpc) is 3.67. The van der Waals surface area contributed by atoms with E-state index in [0.29, 0.717) is 0 Å². The Kier molecular flexibility index (Phi) is 6.91. The molecule has 8 aromatic carbocycles. The average molecular weight is 664 g/mol. The summed E-state index contributed by atoms with van der Waals surface area (Å²) in [4.78, 5) is 2.47. The van der Waals surface area contributed by atoms with Crippen LogP contribution < -0.4 is 4.90 Å². The molecule has 246 valence electrons. The number of benzene rings is 8. The zero-order valence-electron chi connectivity index (χ0n) is 29.3. The van der Waals surface area contributed by atoms with Crippen LogP contribution >= 0.6 is 0 Å². The Labute approximate surface area is 306 Å². The van der Waals surface area contributed by atoms with Crippen LogP contribution in [0, 0.1) is 13.8 Å². The van der Waals surface area contributed by atoms with E-state index in [1.165, 1.54) is 89.3 Å². The van der Waals surface area contributed by atoms with E-state index in [1.54, 1.807) is 0 Å². The fourth-order valence-corrected chi connectivity index (χ4v) is 9.07. The van der Waals surface area contributed by atoms with E-state index in [2.05, 4.69) is 207 Å². The second-order valence-corrected chi connectivity index (χ2v) is 14.2. The second kappa shape index (κ2) is 11.8. The quantitative estimate of drug-likeness (QED) is 0.177. The van der Waals surface area contributed by atoms with Crippen molar-refractivity contribution in [2.24, 2.45) is 0 Å². The molecular formula is C51H37N. The highest BCUT2D eigenvalue weighted by atomic mass is 15.1. The SMILES string of the molecule is Cc1cc(-c2ccccc2)ccc1N(c1ccc2c(c1)-c1ccccc1C21c2ccccc2-c2ccccc21)c1ccc(-c2ccccc2)cc1C. The van der Waals surface area contributed by atoms with Gasteiger partial charge in [-0.05, 0) is 128 Å². The molecule has 1 spiro atoms. The number of hydrogen-bond acceptors (Lipinski definition) is 1. The van der Waals surface area contributed by atoms with Gasteiger partial charge >= 0.3 is 0 Å². The van der Waals surface area contributed by atoms with Crippen LogP contribution in [0.4, 0.5) is 17.1 Å². The van der Waals surface area contributed by atoms with E-state index < -0.39 is 0 Å². The maximum atomic E-state index is 2.47. The minimum Gasteiger partial charge on any atom is -0.310 e. The Bertz CT molecular complexity index is 2520. The molecular weight excluding hydrogens is 627 g/mol. The van der Waals surface area contributed by atoms with E-state index >= 15 is 0 Å². The van der Waals surface area contributed by atoms with Gasteiger partial charge in [-0.2, -0.15) is 0 Å². The molecule has 0 saturated heterocycles. The van der Waals surface area contributed by atoms with E-state index in [4.69, 9.17) is 0 Å². The van der Waals surface area contributed by atoms with Gasteiger partial charge in [-0.1, -0.05) is 152 Å². The molecule has 2 aliphatic carbocycles. The third kappa shape index (κ3) is 4.42. The molecule has 0 bridgehead atoms. The lowest BCUT2D eigenvalue weighted by Crippen LogP contribution is -2.25. The molecule has 0 fully saturated rings. The molecule has 0 amide bonds. The molecule has 0 aliphatic heterocycles. The fourth-order valence-electron chi connectivity index (χ4n) is 9.07. The van der Waals surface area contributed by atoms with Gasteiger partial charge in [0.25, 0.3) is 0 Å². The summed E-state index contributed by atoms with van der Waals surface area (Å²) in [5.74, 6) is 0. The van der Waals surface area contributed by atoms with Gasteiger partial charge in [-0.3, -0.25) is 0 Å². The molecule has 0 radical (unpaired) electrons. The smallest absolute Gasteiger partial charge is 0.0725 e. The molecule has 10 rings (SSSR count). The van der Waals surface area contributed by atoms with Crippen LogP contribution in [-0.2, 0) is 5.41 Å². The van der Waals surface area contributed by atoms with Gasteiger partial charge in [0.1, 0.15) is 0 Å². The lowest BCUT2D eigenvalue weighted by Gasteiger charge is -2.32. The number of aryl methyl sites for hydroxylation is 2. The minimum atomic E-state index is -0.358. The topological polar surface area (TPSA) is 3.24 Å². The lowest BCUT2D eigenvalue weighted by molar-refractivity contribution is 0.794. The monoisotopic (exact) mass is 663 g/mol. The summed E-state index contributed by atoms with van der Waals surface area (Å²) >= 11 is 0. The van der Waals surface area contributed by atoms with E-state index in [-0.39, 0.29) is 5.41 Å². The maximum absolute atomic E-state index is 2.47. The van der Waals surface area contributed by atoms with Gasteiger partial charge in [0.05, 0.1) is 5.41 Å². The van der Waals surface area contributed by atoms with Crippen molar-refractivity contribution in [1.29, 1.82) is 0 Å². The van der Waals surface area contributed by atoms with Crippen molar-refractivity contribution in [2.45, 2.75) is 19.3 Å². The predicted octanol–water partition coefficient (Wildman–Crippen LogP) is 13.5. The summed E-state index contributed by atoms with van der Waals surface area (Å²) in [6.45, 7) is 4.49. The van der Waals surface area contributed by atoms with Crippen LogP contribution in [0.2, 0.25) is 0 Å². The summed E-state index contributed by atoms with van der Waals surface area (Å²) in [6.07, 6.45) is 0. The molecule has 0 heterocycles. The van der Waals surface area contributed by atoms with Crippen molar-refractivity contribution in [3.63, 3.8) is 0 Å². The fraction of sp³-hybridized carbons (Fsp3) is 0.0588. The van der Waals surface area contributed by atoms with Crippen LogP contribution in [0.3, 0.4) is 0 Å². The first kappa shape index (κ1) is 30.4. The van der Waals surface area contributed by atoms with Gasteiger partial charge < -0.3 is 4.90 Å². The standard InChI is InChI=1S/C51H37N/c1-34-31-38(36-15-5-3-6-16-36)25-29-49(34)52(50-30-26-39(32-35(50)2)37-17-7-4-8-18-37)40-27-28-48-44(33-40)43-21-11-14-24-47(43)51(48)45-22-12-9-19-41(45)42-20-10-13-23-46(42)51/h3-33H,1-2H3. The summed E-state index contributed by atoms with van der Waals surface area (Å²) in [5, 5.41) is 0. The largest absolute Gasteiger partial charge is 0.310 e. The molecule has 1 heteroatoms. The second-order valence-electron chi connectivity index (χ2n) is 14.2. The van der Waals surface area contributed by atoms with Crippen molar-refractivity contribution in [2.75, 3.05) is 4.90 Å². The predicted molar refractivity (Wildman–Crippen MR) is 218 cm³/mol. The first-order valence-electron chi connectivity index (χ1n) is 18.2. The van der Waals surface area contributed by atoms with Crippen LogP contribution in [-0.4, -0.2) is 0 Å². The van der Waals surface area contributed by atoms with Crippen molar-refractivity contribution < 1.29 is 0 Å². The number of fused-ring (bicyclic) bond motifs is 10. The zero-order valence-corrected chi connectivity index (χ0v) is 29.3. The summed E-state index contributed by atoms with van der Waals surface area (Å²) < 4.78 is 0. The van der Waals surface area contributed by atoms with Crippen molar-refractivity contribution in [3.8, 4) is 44.5 Å². The van der Waals surface area contributed by atoms with Crippen LogP contribution in [0.1, 0.15) is 33.4 Å². The highest BCUT2D eigenvalue weighted by Crippen LogP contribution is 2.63. The molecule has 0 aromatic heterocycles.